The van der Waals surface area contributed by atoms with Gasteiger partial charge in [-0.25, -0.2) is 4.39 Å². The van der Waals surface area contributed by atoms with E-state index >= 15 is 0 Å². The van der Waals surface area contributed by atoms with E-state index in [4.69, 9.17) is 4.74 Å². The molecule has 0 saturated carbocycles. The minimum absolute atomic E-state index is 0.233. The average molecular weight is 299 g/mol. The Labute approximate surface area is 128 Å². The first-order valence-electron chi connectivity index (χ1n) is 7.25. The van der Waals surface area contributed by atoms with E-state index in [0.29, 0.717) is 18.4 Å². The van der Waals surface area contributed by atoms with Crippen molar-refractivity contribution in [3.05, 3.63) is 60.0 Å². The van der Waals surface area contributed by atoms with E-state index in [2.05, 4.69) is 18.4 Å². The number of aromatic nitrogens is 1. The summed E-state index contributed by atoms with van der Waals surface area (Å²) in [6.45, 7) is 4.58. The second-order valence-electron chi connectivity index (χ2n) is 5.60. The number of aromatic hydroxyl groups is 1. The topological polar surface area (TPSA) is 34.4 Å². The molecule has 1 N–H and O–H groups in total. The van der Waals surface area contributed by atoms with Gasteiger partial charge in [-0.05, 0) is 56.3 Å². The molecule has 0 aliphatic carbocycles. The van der Waals surface area contributed by atoms with E-state index in [9.17, 15) is 9.50 Å². The van der Waals surface area contributed by atoms with Crippen molar-refractivity contribution in [2.45, 2.75) is 26.5 Å². The van der Waals surface area contributed by atoms with Crippen LogP contribution in [-0.2, 0) is 6.61 Å². The molecule has 0 fully saturated rings. The molecule has 3 rings (SSSR count). The number of phenolic OH excluding ortho intramolecular Hbond substituents is 1. The molecule has 0 atom stereocenters. The number of fused-ring (bicyclic) bond motifs is 1. The minimum Gasteiger partial charge on any atom is -0.508 e. The smallest absolute Gasteiger partial charge is 0.123 e. The van der Waals surface area contributed by atoms with Crippen LogP contribution in [0.15, 0.2) is 48.7 Å². The molecule has 0 saturated heterocycles. The van der Waals surface area contributed by atoms with E-state index < -0.39 is 0 Å². The predicted octanol–water partition coefficient (Wildman–Crippen LogP) is 4.65. The number of phenols is 1. The molecule has 3 nitrogen and oxygen atoms in total. The molecule has 0 unspecified atom stereocenters. The van der Waals surface area contributed by atoms with E-state index in [-0.39, 0.29) is 11.6 Å². The molecular weight excluding hydrogens is 281 g/mol. The second-order valence-corrected chi connectivity index (χ2v) is 5.60. The normalized spacial score (nSPS) is 11.3. The summed E-state index contributed by atoms with van der Waals surface area (Å²) in [5.41, 5.74) is 2.05. The summed E-state index contributed by atoms with van der Waals surface area (Å²) >= 11 is 0. The Bertz CT molecular complexity index is 791. The van der Waals surface area contributed by atoms with Crippen molar-refractivity contribution < 1.29 is 14.2 Å². The lowest BCUT2D eigenvalue weighted by Gasteiger charge is -2.08. The maximum absolute atomic E-state index is 12.9. The summed E-state index contributed by atoms with van der Waals surface area (Å²) in [5, 5.41) is 10.7. The third kappa shape index (κ3) is 2.77. The van der Waals surface area contributed by atoms with Gasteiger partial charge in [-0.1, -0.05) is 0 Å². The predicted molar refractivity (Wildman–Crippen MR) is 84.7 cm³/mol. The van der Waals surface area contributed by atoms with Gasteiger partial charge >= 0.3 is 0 Å². The first-order valence-corrected chi connectivity index (χ1v) is 7.25. The Kier molecular flexibility index (Phi) is 3.75. The molecule has 0 spiro atoms. The van der Waals surface area contributed by atoms with Crippen LogP contribution in [0.5, 0.6) is 11.5 Å². The molecule has 0 amide bonds. The van der Waals surface area contributed by atoms with Crippen molar-refractivity contribution >= 4 is 10.9 Å². The molecule has 3 aromatic rings. The van der Waals surface area contributed by atoms with Gasteiger partial charge in [-0.15, -0.1) is 0 Å². The Morgan fingerprint density at radius 3 is 2.55 bits per heavy atom. The fourth-order valence-electron chi connectivity index (χ4n) is 2.55. The lowest BCUT2D eigenvalue weighted by Crippen LogP contribution is -1.98. The SMILES string of the molecule is CC(C)n1cc(COc2ccc(F)cc2)c2cc(O)ccc21. The van der Waals surface area contributed by atoms with Gasteiger partial charge in [0.1, 0.15) is 23.9 Å². The van der Waals surface area contributed by atoms with Crippen molar-refractivity contribution in [3.63, 3.8) is 0 Å². The maximum Gasteiger partial charge on any atom is 0.123 e. The van der Waals surface area contributed by atoms with Crippen LogP contribution in [0.1, 0.15) is 25.5 Å². The van der Waals surface area contributed by atoms with Gasteiger partial charge in [0, 0.05) is 28.7 Å². The monoisotopic (exact) mass is 299 g/mol. The largest absolute Gasteiger partial charge is 0.508 e. The first-order chi connectivity index (χ1) is 10.5. The first kappa shape index (κ1) is 14.4. The van der Waals surface area contributed by atoms with Crippen LogP contribution in [0.4, 0.5) is 4.39 Å². The molecule has 0 bridgehead atoms. The highest BCUT2D eigenvalue weighted by Crippen LogP contribution is 2.28. The highest BCUT2D eigenvalue weighted by molar-refractivity contribution is 5.85. The zero-order valence-electron chi connectivity index (χ0n) is 12.6. The number of nitrogens with zero attached hydrogens (tertiary/aromatic N) is 1. The zero-order chi connectivity index (χ0) is 15.7. The summed E-state index contributed by atoms with van der Waals surface area (Å²) in [6, 6.07) is 11.6. The molecular formula is C18H18FNO2. The second kappa shape index (κ2) is 5.72. The standard InChI is InChI=1S/C18H18FNO2/c1-12(2)20-10-13(17-9-15(21)5-8-18(17)20)11-22-16-6-3-14(19)4-7-16/h3-10,12,21H,11H2,1-2H3. The highest BCUT2D eigenvalue weighted by Gasteiger charge is 2.12. The molecule has 4 heteroatoms. The van der Waals surface area contributed by atoms with Gasteiger partial charge in [-0.2, -0.15) is 0 Å². The summed E-state index contributed by atoms with van der Waals surface area (Å²) in [7, 11) is 0. The third-order valence-corrected chi connectivity index (χ3v) is 3.66. The number of ether oxygens (including phenoxy) is 1. The lowest BCUT2D eigenvalue weighted by molar-refractivity contribution is 0.306. The van der Waals surface area contributed by atoms with Crippen molar-refractivity contribution in [1.82, 2.24) is 4.57 Å². The van der Waals surface area contributed by atoms with Crippen LogP contribution in [-0.4, -0.2) is 9.67 Å². The molecule has 1 heterocycles. The summed E-state index contributed by atoms with van der Waals surface area (Å²) < 4.78 is 20.8. The van der Waals surface area contributed by atoms with Crippen LogP contribution in [0.2, 0.25) is 0 Å². The Balaban J connectivity index is 1.92. The van der Waals surface area contributed by atoms with Crippen LogP contribution < -0.4 is 4.74 Å². The van der Waals surface area contributed by atoms with Crippen LogP contribution in [0, 0.1) is 5.82 Å². The summed E-state index contributed by atoms with van der Waals surface area (Å²) in [5.74, 6) is 0.567. The highest BCUT2D eigenvalue weighted by atomic mass is 19.1. The third-order valence-electron chi connectivity index (χ3n) is 3.66. The van der Waals surface area contributed by atoms with E-state index in [1.807, 2.05) is 12.3 Å². The van der Waals surface area contributed by atoms with Gasteiger partial charge in [0.15, 0.2) is 0 Å². The summed E-state index contributed by atoms with van der Waals surface area (Å²) in [6.07, 6.45) is 2.04. The van der Waals surface area contributed by atoms with Crippen molar-refractivity contribution in [3.8, 4) is 11.5 Å². The Hall–Kier alpha value is -2.49. The van der Waals surface area contributed by atoms with E-state index in [1.54, 1.807) is 24.3 Å². The van der Waals surface area contributed by atoms with Crippen LogP contribution >= 0.6 is 0 Å². The molecule has 0 aliphatic rings. The van der Waals surface area contributed by atoms with Crippen molar-refractivity contribution in [1.29, 1.82) is 0 Å². The number of hydrogen-bond donors (Lipinski definition) is 1. The lowest BCUT2D eigenvalue weighted by atomic mass is 10.2. The molecule has 1 aromatic heterocycles. The van der Waals surface area contributed by atoms with Crippen molar-refractivity contribution in [2.24, 2.45) is 0 Å². The number of benzene rings is 2. The van der Waals surface area contributed by atoms with E-state index in [0.717, 1.165) is 16.5 Å². The van der Waals surface area contributed by atoms with Crippen molar-refractivity contribution in [2.75, 3.05) is 0 Å². The molecule has 0 aliphatic heterocycles. The Morgan fingerprint density at radius 1 is 1.14 bits per heavy atom. The Morgan fingerprint density at radius 2 is 1.86 bits per heavy atom. The quantitative estimate of drug-likeness (QED) is 0.761. The number of hydrogen-bond acceptors (Lipinski definition) is 2. The maximum atomic E-state index is 12.9. The van der Waals surface area contributed by atoms with Gasteiger partial charge in [-0.3, -0.25) is 0 Å². The van der Waals surface area contributed by atoms with Crippen LogP contribution in [0.25, 0.3) is 10.9 Å². The molecule has 114 valence electrons. The number of rotatable bonds is 4. The fourth-order valence-corrected chi connectivity index (χ4v) is 2.55. The van der Waals surface area contributed by atoms with Gasteiger partial charge in [0.05, 0.1) is 0 Å². The molecule has 2 aromatic carbocycles. The zero-order valence-corrected chi connectivity index (χ0v) is 12.6. The molecule has 0 radical (unpaired) electrons. The minimum atomic E-state index is -0.284. The summed E-state index contributed by atoms with van der Waals surface area (Å²) in [4.78, 5) is 0. The van der Waals surface area contributed by atoms with E-state index in [1.165, 1.54) is 12.1 Å². The number of halogens is 1. The van der Waals surface area contributed by atoms with Gasteiger partial charge in [0.25, 0.3) is 0 Å². The van der Waals surface area contributed by atoms with Gasteiger partial charge in [0.2, 0.25) is 0 Å². The molecule has 22 heavy (non-hydrogen) atoms. The van der Waals surface area contributed by atoms with Crippen LogP contribution in [0.3, 0.4) is 0 Å². The van der Waals surface area contributed by atoms with Gasteiger partial charge < -0.3 is 14.4 Å². The average Bonchev–Trinajstić information content (AvgIpc) is 2.85. The fraction of sp³-hybridized carbons (Fsp3) is 0.222.